The van der Waals surface area contributed by atoms with Crippen molar-refractivity contribution >= 4 is 15.9 Å². The molecular weight excluding hydrogens is 350 g/mol. The number of nitrogens with zero attached hydrogens (tertiary/aromatic N) is 1. The molecule has 2 unspecified atom stereocenters. The number of piperidine rings is 1. The van der Waals surface area contributed by atoms with E-state index in [-0.39, 0.29) is 17.3 Å². The van der Waals surface area contributed by atoms with E-state index in [4.69, 9.17) is 0 Å². The molecule has 1 saturated heterocycles. The lowest BCUT2D eigenvalue weighted by molar-refractivity contribution is 0.0936. The number of likely N-dealkylation sites (tertiary alicyclic amines) is 1. The topological polar surface area (TPSA) is 78.5 Å². The second kappa shape index (κ2) is 9.30. The van der Waals surface area contributed by atoms with Gasteiger partial charge in [-0.1, -0.05) is 19.9 Å². The summed E-state index contributed by atoms with van der Waals surface area (Å²) in [7, 11) is -3.57. The Labute approximate surface area is 156 Å². The van der Waals surface area contributed by atoms with Crippen LogP contribution in [0.3, 0.4) is 0 Å². The second-order valence-electron chi connectivity index (χ2n) is 7.13. The van der Waals surface area contributed by atoms with E-state index in [2.05, 4.69) is 35.4 Å². The quantitative estimate of drug-likeness (QED) is 0.676. The van der Waals surface area contributed by atoms with Gasteiger partial charge in [-0.2, -0.15) is 0 Å². The number of amides is 1. The van der Waals surface area contributed by atoms with Crippen molar-refractivity contribution in [1.29, 1.82) is 0 Å². The summed E-state index contributed by atoms with van der Waals surface area (Å²) in [5.74, 6) is 1.20. The highest BCUT2D eigenvalue weighted by molar-refractivity contribution is 7.89. The third-order valence-corrected chi connectivity index (χ3v) is 5.94. The lowest BCUT2D eigenvalue weighted by atomic mass is 9.92. The number of nitrogens with one attached hydrogen (secondary N) is 2. The first-order valence-electron chi connectivity index (χ1n) is 9.03. The minimum atomic E-state index is -3.57. The molecule has 1 heterocycles. The molecule has 6 nitrogen and oxygen atoms in total. The first kappa shape index (κ1) is 20.6. The maximum atomic E-state index is 12.2. The van der Waals surface area contributed by atoms with E-state index >= 15 is 0 Å². The lowest BCUT2D eigenvalue weighted by Gasteiger charge is -2.34. The second-order valence-corrected chi connectivity index (χ2v) is 8.89. The molecule has 1 aliphatic rings. The van der Waals surface area contributed by atoms with Gasteiger partial charge in [-0.3, -0.25) is 4.79 Å². The molecule has 1 amide bonds. The molecule has 0 aliphatic carbocycles. The largest absolute Gasteiger partial charge is 0.351 e. The van der Waals surface area contributed by atoms with E-state index in [1.807, 2.05) is 0 Å². The van der Waals surface area contributed by atoms with Crippen molar-refractivity contribution in [2.24, 2.45) is 11.8 Å². The van der Waals surface area contributed by atoms with Crippen LogP contribution in [0.1, 0.15) is 30.6 Å². The molecular formula is C19H29N3O3S. The molecule has 1 fully saturated rings. The number of sulfonamides is 1. The van der Waals surface area contributed by atoms with Crippen molar-refractivity contribution in [2.75, 3.05) is 32.7 Å². The summed E-state index contributed by atoms with van der Waals surface area (Å²) in [5.41, 5.74) is 0.452. The highest BCUT2D eigenvalue weighted by atomic mass is 32.2. The van der Waals surface area contributed by atoms with Crippen LogP contribution in [-0.2, 0) is 10.0 Å². The molecule has 0 spiro atoms. The van der Waals surface area contributed by atoms with Crippen LogP contribution in [-0.4, -0.2) is 51.9 Å². The monoisotopic (exact) mass is 379 g/mol. The summed E-state index contributed by atoms with van der Waals surface area (Å²) >= 11 is 0. The number of rotatable bonds is 8. The summed E-state index contributed by atoms with van der Waals surface area (Å²) in [6, 6.07) is 5.94. The predicted octanol–water partition coefficient (Wildman–Crippen LogP) is 1.86. The summed E-state index contributed by atoms with van der Waals surface area (Å²) in [5, 5.41) is 2.91. The Balaban J connectivity index is 1.85. The molecule has 0 radical (unpaired) electrons. The molecule has 0 bridgehead atoms. The van der Waals surface area contributed by atoms with E-state index in [1.165, 1.54) is 36.8 Å². The molecule has 144 valence electrons. The predicted molar refractivity (Wildman–Crippen MR) is 104 cm³/mol. The van der Waals surface area contributed by atoms with Crippen molar-refractivity contribution in [3.05, 3.63) is 42.5 Å². The van der Waals surface area contributed by atoms with Gasteiger partial charge in [-0.15, -0.1) is 6.58 Å². The Hall–Kier alpha value is -1.70. The van der Waals surface area contributed by atoms with Gasteiger partial charge >= 0.3 is 0 Å². The van der Waals surface area contributed by atoms with Crippen LogP contribution in [0.2, 0.25) is 0 Å². The molecule has 0 saturated carbocycles. The van der Waals surface area contributed by atoms with Crippen molar-refractivity contribution in [1.82, 2.24) is 14.9 Å². The third-order valence-electron chi connectivity index (χ3n) is 4.50. The van der Waals surface area contributed by atoms with E-state index in [0.29, 0.717) is 23.9 Å². The van der Waals surface area contributed by atoms with Gasteiger partial charge in [0.15, 0.2) is 0 Å². The van der Waals surface area contributed by atoms with Crippen LogP contribution in [0, 0.1) is 11.8 Å². The fraction of sp³-hybridized carbons (Fsp3) is 0.526. The van der Waals surface area contributed by atoms with Gasteiger partial charge in [0.1, 0.15) is 0 Å². The Morgan fingerprint density at radius 3 is 2.42 bits per heavy atom. The highest BCUT2D eigenvalue weighted by Crippen LogP contribution is 2.20. The molecule has 1 aromatic rings. The normalized spacial score (nSPS) is 21.3. The summed E-state index contributed by atoms with van der Waals surface area (Å²) < 4.78 is 26.4. The number of carbonyl (C=O) groups is 1. The van der Waals surface area contributed by atoms with Crippen LogP contribution in [0.4, 0.5) is 0 Å². The molecule has 0 aromatic heterocycles. The van der Waals surface area contributed by atoms with Gasteiger partial charge in [0, 0.05) is 38.3 Å². The third kappa shape index (κ3) is 5.93. The van der Waals surface area contributed by atoms with Crippen LogP contribution < -0.4 is 10.0 Å². The Bertz CT molecular complexity index is 706. The minimum Gasteiger partial charge on any atom is -0.351 e. The SMILES string of the molecule is C=CCNS(=O)(=O)c1ccc(C(=O)NCCN2CC(C)CC(C)C2)cc1. The van der Waals surface area contributed by atoms with Crippen molar-refractivity contribution in [3.8, 4) is 0 Å². The average molecular weight is 380 g/mol. The van der Waals surface area contributed by atoms with E-state index in [0.717, 1.165) is 19.6 Å². The summed E-state index contributed by atoms with van der Waals surface area (Å²) in [6.07, 6.45) is 2.74. The van der Waals surface area contributed by atoms with Crippen LogP contribution in [0.25, 0.3) is 0 Å². The number of hydrogen-bond donors (Lipinski definition) is 2. The van der Waals surface area contributed by atoms with E-state index in [9.17, 15) is 13.2 Å². The Morgan fingerprint density at radius 2 is 1.85 bits per heavy atom. The van der Waals surface area contributed by atoms with Gasteiger partial charge in [0.2, 0.25) is 10.0 Å². The van der Waals surface area contributed by atoms with Crippen LogP contribution in [0.5, 0.6) is 0 Å². The molecule has 7 heteroatoms. The maximum absolute atomic E-state index is 12.2. The standard InChI is InChI=1S/C19H29N3O3S/c1-4-9-21-26(24,25)18-7-5-17(6-8-18)19(23)20-10-11-22-13-15(2)12-16(3)14-22/h4-8,15-16,21H,1,9-14H2,2-3H3,(H,20,23). The maximum Gasteiger partial charge on any atom is 0.251 e. The zero-order valence-electron chi connectivity index (χ0n) is 15.6. The summed E-state index contributed by atoms with van der Waals surface area (Å²) in [4.78, 5) is 14.8. The van der Waals surface area contributed by atoms with Gasteiger partial charge in [0.05, 0.1) is 4.90 Å². The summed E-state index contributed by atoms with van der Waals surface area (Å²) in [6.45, 7) is 11.7. The average Bonchev–Trinajstić information content (AvgIpc) is 2.59. The number of carbonyl (C=O) groups excluding carboxylic acids is 1. The van der Waals surface area contributed by atoms with Gasteiger partial charge in [-0.05, 0) is 42.5 Å². The zero-order valence-corrected chi connectivity index (χ0v) is 16.4. The lowest BCUT2D eigenvalue weighted by Crippen LogP contribution is -2.42. The number of hydrogen-bond acceptors (Lipinski definition) is 4. The van der Waals surface area contributed by atoms with Gasteiger partial charge in [0.25, 0.3) is 5.91 Å². The van der Waals surface area contributed by atoms with Crippen molar-refractivity contribution in [2.45, 2.75) is 25.2 Å². The van der Waals surface area contributed by atoms with Gasteiger partial charge < -0.3 is 10.2 Å². The molecule has 2 rings (SSSR count). The minimum absolute atomic E-state index is 0.132. The van der Waals surface area contributed by atoms with Gasteiger partial charge in [-0.25, -0.2) is 13.1 Å². The Kier molecular flexibility index (Phi) is 7.37. The first-order valence-corrected chi connectivity index (χ1v) is 10.5. The molecule has 26 heavy (non-hydrogen) atoms. The highest BCUT2D eigenvalue weighted by Gasteiger charge is 2.21. The smallest absolute Gasteiger partial charge is 0.251 e. The van der Waals surface area contributed by atoms with Crippen molar-refractivity contribution in [3.63, 3.8) is 0 Å². The molecule has 2 atom stereocenters. The molecule has 1 aliphatic heterocycles. The fourth-order valence-electron chi connectivity index (χ4n) is 3.44. The Morgan fingerprint density at radius 1 is 1.23 bits per heavy atom. The fourth-order valence-corrected chi connectivity index (χ4v) is 4.44. The van der Waals surface area contributed by atoms with E-state index in [1.54, 1.807) is 0 Å². The van der Waals surface area contributed by atoms with E-state index < -0.39 is 10.0 Å². The zero-order chi connectivity index (χ0) is 19.2. The first-order chi connectivity index (χ1) is 12.3. The molecule has 1 aromatic carbocycles. The van der Waals surface area contributed by atoms with Crippen molar-refractivity contribution < 1.29 is 13.2 Å². The van der Waals surface area contributed by atoms with Crippen LogP contribution >= 0.6 is 0 Å². The van der Waals surface area contributed by atoms with Crippen LogP contribution in [0.15, 0.2) is 41.8 Å². The molecule has 2 N–H and O–H groups in total. The number of benzene rings is 1.